The molecule has 0 spiro atoms. The molecule has 2 unspecified atom stereocenters. The fraction of sp³-hybridized carbons (Fsp3) is 0.500. The zero-order chi connectivity index (χ0) is 25.0. The normalized spacial score (nSPS) is 18.3. The van der Waals surface area contributed by atoms with E-state index in [0.29, 0.717) is 28.1 Å². The second-order valence-electron chi connectivity index (χ2n) is 9.72. The zero-order valence-electron chi connectivity index (χ0n) is 20.8. The highest BCUT2D eigenvalue weighted by Crippen LogP contribution is 2.43. The summed E-state index contributed by atoms with van der Waals surface area (Å²) < 4.78 is 19.2. The van der Waals surface area contributed by atoms with Crippen LogP contribution < -0.4 is 9.64 Å². The molecule has 2 atom stereocenters. The van der Waals surface area contributed by atoms with Crippen LogP contribution in [0.5, 0.6) is 5.75 Å². The number of hydrogen-bond acceptors (Lipinski definition) is 5. The minimum atomic E-state index is -2.18. The smallest absolute Gasteiger partial charge is 0.417 e. The van der Waals surface area contributed by atoms with Crippen molar-refractivity contribution in [1.82, 2.24) is 0 Å². The first-order valence-electron chi connectivity index (χ1n) is 11.9. The lowest BCUT2D eigenvalue weighted by Gasteiger charge is -2.44. The van der Waals surface area contributed by atoms with E-state index in [-0.39, 0.29) is 13.2 Å². The molecule has 3 rings (SSSR count). The van der Waals surface area contributed by atoms with E-state index < -0.39 is 26.7 Å². The van der Waals surface area contributed by atoms with E-state index in [0.717, 1.165) is 10.0 Å². The molecule has 0 bridgehead atoms. The van der Waals surface area contributed by atoms with Crippen molar-refractivity contribution in [2.75, 3.05) is 11.5 Å². The number of carbonyl (C=O) groups is 1. The Hall–Kier alpha value is -1.87. The van der Waals surface area contributed by atoms with Crippen molar-refractivity contribution in [3.05, 3.63) is 58.6 Å². The summed E-state index contributed by atoms with van der Waals surface area (Å²) in [7, 11) is -2.18. The maximum absolute atomic E-state index is 13.2. The number of fused-ring (bicyclic) bond motifs is 1. The molecule has 0 fully saturated rings. The Balaban J connectivity index is 1.85. The van der Waals surface area contributed by atoms with E-state index in [1.165, 1.54) is 4.90 Å². The quantitative estimate of drug-likeness (QED) is 0.364. The molecule has 0 saturated carbocycles. The molecule has 0 saturated heterocycles. The van der Waals surface area contributed by atoms with E-state index in [1.807, 2.05) is 36.4 Å². The van der Waals surface area contributed by atoms with Gasteiger partial charge in [0.2, 0.25) is 8.32 Å². The number of nitrogens with zero attached hydrogens (tertiary/aromatic N) is 1. The lowest BCUT2D eigenvalue weighted by Crippen LogP contribution is -2.57. The maximum Gasteiger partial charge on any atom is 0.417 e. The number of benzene rings is 2. The predicted molar refractivity (Wildman–Crippen MR) is 141 cm³/mol. The van der Waals surface area contributed by atoms with Crippen LogP contribution in [0.1, 0.15) is 47.1 Å². The molecule has 1 N–H and O–H groups in total. The van der Waals surface area contributed by atoms with E-state index in [4.69, 9.17) is 13.9 Å². The van der Waals surface area contributed by atoms with E-state index in [9.17, 15) is 9.90 Å². The summed E-state index contributed by atoms with van der Waals surface area (Å²) >= 11 is 3.45. The van der Waals surface area contributed by atoms with Crippen molar-refractivity contribution in [2.24, 2.45) is 0 Å². The third-order valence-electron chi connectivity index (χ3n) is 6.66. The number of hydrogen-bond donors (Lipinski definition) is 1. The SMILES string of the molecule is CC(C)[Si](OCC1Oc2ccc(Br)cc2N(C(=O)OCc2ccccc2)C1O)(C(C)C)C(C)C. The summed E-state index contributed by atoms with van der Waals surface area (Å²) in [5, 5.41) is 11.3. The van der Waals surface area contributed by atoms with E-state index in [1.54, 1.807) is 12.1 Å². The van der Waals surface area contributed by atoms with Crippen molar-refractivity contribution in [2.45, 2.75) is 77.1 Å². The van der Waals surface area contributed by atoms with Gasteiger partial charge in [-0.25, -0.2) is 9.69 Å². The number of amides is 1. The standard InChI is InChI=1S/C26H36BrNO5Si/c1-17(2)34(18(3)4,19(5)6)32-16-24-25(29)28(22-14-21(27)12-13-23(22)33-24)26(30)31-15-20-10-8-7-9-11-20/h7-14,17-19,24-25,29H,15-16H2,1-6H3. The van der Waals surface area contributed by atoms with Gasteiger partial charge in [-0.1, -0.05) is 87.8 Å². The van der Waals surface area contributed by atoms with Crippen LogP contribution in [0.15, 0.2) is 53.0 Å². The number of halogens is 1. The Labute approximate surface area is 212 Å². The van der Waals surface area contributed by atoms with Crippen molar-refractivity contribution >= 4 is 36.0 Å². The van der Waals surface area contributed by atoms with Crippen LogP contribution in [0.25, 0.3) is 0 Å². The van der Waals surface area contributed by atoms with Crippen molar-refractivity contribution in [1.29, 1.82) is 0 Å². The minimum absolute atomic E-state index is 0.109. The molecule has 1 heterocycles. The van der Waals surface area contributed by atoms with Gasteiger partial charge in [0, 0.05) is 4.47 Å². The van der Waals surface area contributed by atoms with Gasteiger partial charge in [-0.2, -0.15) is 0 Å². The monoisotopic (exact) mass is 549 g/mol. The molecule has 2 aromatic carbocycles. The van der Waals surface area contributed by atoms with Crippen molar-refractivity contribution in [3.63, 3.8) is 0 Å². The molecule has 1 aliphatic rings. The lowest BCUT2D eigenvalue weighted by atomic mass is 10.2. The molecule has 0 aromatic heterocycles. The molecular formula is C26H36BrNO5Si. The Kier molecular flexibility index (Phi) is 8.84. The summed E-state index contributed by atoms with van der Waals surface area (Å²) in [6.45, 7) is 13.6. The summed E-state index contributed by atoms with van der Waals surface area (Å²) in [4.78, 5) is 14.4. The van der Waals surface area contributed by atoms with Gasteiger partial charge in [-0.3, -0.25) is 0 Å². The van der Waals surface area contributed by atoms with Crippen LogP contribution in [0.4, 0.5) is 10.5 Å². The molecule has 1 amide bonds. The largest absolute Gasteiger partial charge is 0.481 e. The number of aliphatic hydroxyl groups is 1. The summed E-state index contributed by atoms with van der Waals surface area (Å²) in [6.07, 6.45) is -2.62. The van der Waals surface area contributed by atoms with Crippen LogP contribution in [-0.2, 0) is 15.8 Å². The number of carbonyl (C=O) groups excluding carboxylic acids is 1. The fourth-order valence-electron chi connectivity index (χ4n) is 5.15. The summed E-state index contributed by atoms with van der Waals surface area (Å²) in [5.41, 5.74) is 2.50. The third kappa shape index (κ3) is 5.51. The molecule has 186 valence electrons. The highest BCUT2D eigenvalue weighted by Gasteiger charge is 2.47. The van der Waals surface area contributed by atoms with Gasteiger partial charge >= 0.3 is 6.09 Å². The van der Waals surface area contributed by atoms with Crippen LogP contribution in [0.2, 0.25) is 16.6 Å². The minimum Gasteiger partial charge on any atom is -0.481 e. The predicted octanol–water partition coefficient (Wildman–Crippen LogP) is 6.86. The number of aliphatic hydroxyl groups excluding tert-OH is 1. The Morgan fingerprint density at radius 1 is 1.06 bits per heavy atom. The van der Waals surface area contributed by atoms with Crippen LogP contribution in [0.3, 0.4) is 0 Å². The van der Waals surface area contributed by atoms with Crippen molar-refractivity contribution in [3.8, 4) is 5.75 Å². The van der Waals surface area contributed by atoms with Gasteiger partial charge in [-0.05, 0) is 40.4 Å². The number of ether oxygens (including phenoxy) is 2. The molecule has 0 aliphatic carbocycles. The third-order valence-corrected chi connectivity index (χ3v) is 13.2. The average molecular weight is 551 g/mol. The van der Waals surface area contributed by atoms with Gasteiger partial charge in [0.05, 0.1) is 12.3 Å². The van der Waals surface area contributed by atoms with Gasteiger partial charge in [0.1, 0.15) is 12.4 Å². The van der Waals surface area contributed by atoms with Gasteiger partial charge in [0.25, 0.3) is 0 Å². The molecule has 0 radical (unpaired) electrons. The highest BCUT2D eigenvalue weighted by molar-refractivity contribution is 9.10. The highest BCUT2D eigenvalue weighted by atomic mass is 79.9. The first kappa shape index (κ1) is 26.7. The molecule has 6 nitrogen and oxygen atoms in total. The van der Waals surface area contributed by atoms with Crippen LogP contribution >= 0.6 is 15.9 Å². The number of anilines is 1. The Bertz CT molecular complexity index is 947. The molecule has 8 heteroatoms. The maximum atomic E-state index is 13.2. The average Bonchev–Trinajstić information content (AvgIpc) is 2.78. The second kappa shape index (κ2) is 11.2. The van der Waals surface area contributed by atoms with Gasteiger partial charge in [0.15, 0.2) is 12.3 Å². The van der Waals surface area contributed by atoms with E-state index >= 15 is 0 Å². The summed E-state index contributed by atoms with van der Waals surface area (Å²) in [5.74, 6) is 0.504. The molecule has 1 aliphatic heterocycles. The van der Waals surface area contributed by atoms with E-state index in [2.05, 4.69) is 57.5 Å². The van der Waals surface area contributed by atoms with Gasteiger partial charge in [-0.15, -0.1) is 0 Å². The Morgan fingerprint density at radius 2 is 1.68 bits per heavy atom. The van der Waals surface area contributed by atoms with Crippen molar-refractivity contribution < 1.29 is 23.8 Å². The van der Waals surface area contributed by atoms with Crippen LogP contribution in [-0.4, -0.2) is 38.5 Å². The number of rotatable bonds is 8. The second-order valence-corrected chi connectivity index (χ2v) is 16.1. The molecular weight excluding hydrogens is 514 g/mol. The first-order valence-corrected chi connectivity index (χ1v) is 14.8. The lowest BCUT2D eigenvalue weighted by molar-refractivity contribution is -0.00809. The Morgan fingerprint density at radius 3 is 2.26 bits per heavy atom. The first-order chi connectivity index (χ1) is 16.1. The van der Waals surface area contributed by atoms with Crippen LogP contribution in [0, 0.1) is 0 Å². The fourth-order valence-corrected chi connectivity index (χ4v) is 11.0. The molecule has 2 aromatic rings. The zero-order valence-corrected chi connectivity index (χ0v) is 23.4. The summed E-state index contributed by atoms with van der Waals surface area (Å²) in [6, 6.07) is 14.8. The topological polar surface area (TPSA) is 68.2 Å². The molecule has 34 heavy (non-hydrogen) atoms. The van der Waals surface area contributed by atoms with Gasteiger partial charge < -0.3 is 19.0 Å².